The highest BCUT2D eigenvalue weighted by atomic mass is 16.2. The van der Waals surface area contributed by atoms with E-state index in [-0.39, 0.29) is 29.9 Å². The third-order valence-electron chi connectivity index (χ3n) is 10.7. The number of aromatic nitrogens is 4. The van der Waals surface area contributed by atoms with Gasteiger partial charge in [0, 0.05) is 55.3 Å². The average molecular weight is 645 g/mol. The molecule has 12 heteroatoms. The maximum atomic E-state index is 13.2. The summed E-state index contributed by atoms with van der Waals surface area (Å²) in [6.45, 7) is 2.90. The van der Waals surface area contributed by atoms with Gasteiger partial charge in [0.25, 0.3) is 11.8 Å². The van der Waals surface area contributed by atoms with Crippen LogP contribution in [0.1, 0.15) is 88.4 Å². The van der Waals surface area contributed by atoms with Crippen LogP contribution >= 0.6 is 0 Å². The molecule has 5 heterocycles. The highest BCUT2D eigenvalue weighted by molar-refractivity contribution is 6.23. The van der Waals surface area contributed by atoms with Crippen molar-refractivity contribution in [3.63, 3.8) is 0 Å². The van der Waals surface area contributed by atoms with Crippen molar-refractivity contribution in [3.05, 3.63) is 71.2 Å². The summed E-state index contributed by atoms with van der Waals surface area (Å²) in [5.41, 5.74) is 7.59. The van der Waals surface area contributed by atoms with Crippen LogP contribution in [0.25, 0.3) is 22.3 Å². The summed E-state index contributed by atoms with van der Waals surface area (Å²) < 4.78 is 2.13. The Kier molecular flexibility index (Phi) is 6.72. The lowest BCUT2D eigenvalue weighted by Crippen LogP contribution is -2.54. The molecular formula is C36H36N8O4. The summed E-state index contributed by atoms with van der Waals surface area (Å²) in [6.07, 6.45) is 8.56. The predicted molar refractivity (Wildman–Crippen MR) is 176 cm³/mol. The molecule has 244 valence electrons. The van der Waals surface area contributed by atoms with Gasteiger partial charge in [0.05, 0.1) is 45.8 Å². The summed E-state index contributed by atoms with van der Waals surface area (Å²) in [4.78, 5) is 63.3. The minimum atomic E-state index is -0.970. The van der Waals surface area contributed by atoms with E-state index in [1.54, 1.807) is 18.2 Å². The lowest BCUT2D eigenvalue weighted by atomic mass is 9.80. The number of anilines is 1. The first-order chi connectivity index (χ1) is 23.3. The fourth-order valence-electron chi connectivity index (χ4n) is 7.70. The number of amides is 4. The molecule has 2 N–H and O–H groups in total. The number of imide groups is 2. The van der Waals surface area contributed by atoms with Gasteiger partial charge in [-0.2, -0.15) is 5.10 Å². The van der Waals surface area contributed by atoms with E-state index in [0.717, 1.165) is 83.9 Å². The van der Waals surface area contributed by atoms with E-state index in [0.29, 0.717) is 23.8 Å². The van der Waals surface area contributed by atoms with Crippen molar-refractivity contribution in [3.8, 4) is 11.3 Å². The molecule has 4 fully saturated rings. The smallest absolute Gasteiger partial charge is 0.262 e. The van der Waals surface area contributed by atoms with Crippen LogP contribution in [0.15, 0.2) is 48.8 Å². The van der Waals surface area contributed by atoms with Gasteiger partial charge in [0.1, 0.15) is 6.04 Å². The van der Waals surface area contributed by atoms with E-state index >= 15 is 0 Å². The Hall–Kier alpha value is -4.97. The van der Waals surface area contributed by atoms with Crippen molar-refractivity contribution >= 4 is 40.3 Å². The van der Waals surface area contributed by atoms with Crippen LogP contribution < -0.4 is 10.6 Å². The maximum absolute atomic E-state index is 13.2. The average Bonchev–Trinajstić information content (AvgIpc) is 3.76. The molecule has 4 aromatic rings. The lowest BCUT2D eigenvalue weighted by molar-refractivity contribution is -0.136. The van der Waals surface area contributed by atoms with Crippen LogP contribution in [0.2, 0.25) is 0 Å². The third kappa shape index (κ3) is 4.97. The number of hydrogen-bond donors (Lipinski definition) is 2. The second-order valence-corrected chi connectivity index (χ2v) is 14.2. The number of hydrogen-bond acceptors (Lipinski definition) is 9. The molecular weight excluding hydrogens is 608 g/mol. The summed E-state index contributed by atoms with van der Waals surface area (Å²) >= 11 is 0. The number of nitrogens with zero attached hydrogens (tertiary/aromatic N) is 6. The number of carbonyl (C=O) groups is 4. The topological polar surface area (TPSA) is 142 Å². The molecule has 0 spiro atoms. The maximum Gasteiger partial charge on any atom is 0.262 e. The molecule has 9 rings (SSSR count). The molecule has 2 aromatic heterocycles. The Morgan fingerprint density at radius 3 is 2.48 bits per heavy atom. The molecule has 0 radical (unpaired) electrons. The van der Waals surface area contributed by atoms with Crippen LogP contribution in [-0.2, 0) is 9.59 Å². The molecule has 2 aromatic carbocycles. The molecule has 0 bridgehead atoms. The van der Waals surface area contributed by atoms with Gasteiger partial charge in [-0.15, -0.1) is 0 Å². The van der Waals surface area contributed by atoms with Gasteiger partial charge >= 0.3 is 0 Å². The zero-order valence-electron chi connectivity index (χ0n) is 26.7. The second kappa shape index (κ2) is 11.0. The standard InChI is InChI=1S/C36H36N8O4/c1-42-16-22(17-42)21-4-7-28-29(12-21)38-15-30(39-28)27-18-43(41-33(27)20-2-3-20)24-10-19(11-24)14-37-23-5-6-25-26(13-23)36(48)44(35(25)47)31-8-9-32(45)40-34(31)46/h4-7,12-13,15,18-20,22,24,31,37H,2-3,8-11,14,16-17H2,1H3,(H,40,45,46). The molecule has 12 nitrogen and oxygen atoms in total. The van der Waals surface area contributed by atoms with E-state index in [2.05, 4.69) is 51.7 Å². The van der Waals surface area contributed by atoms with Crippen LogP contribution in [0.5, 0.6) is 0 Å². The number of rotatable bonds is 8. The van der Waals surface area contributed by atoms with Crippen molar-refractivity contribution in [2.24, 2.45) is 5.92 Å². The number of likely N-dealkylation sites (N-methyl/N-ethyl adjacent to an activating group) is 1. The molecule has 2 aliphatic carbocycles. The zero-order valence-corrected chi connectivity index (χ0v) is 26.7. The Morgan fingerprint density at radius 1 is 0.896 bits per heavy atom. The van der Waals surface area contributed by atoms with Gasteiger partial charge in [-0.25, -0.2) is 4.98 Å². The van der Waals surface area contributed by atoms with E-state index in [4.69, 9.17) is 15.1 Å². The Balaban J connectivity index is 0.851. The largest absolute Gasteiger partial charge is 0.385 e. The van der Waals surface area contributed by atoms with Gasteiger partial charge in [-0.3, -0.25) is 39.1 Å². The molecule has 1 unspecified atom stereocenters. The fraction of sp³-hybridized carbons (Fsp3) is 0.417. The van der Waals surface area contributed by atoms with Crippen molar-refractivity contribution in [2.45, 2.75) is 62.4 Å². The molecule has 3 aliphatic heterocycles. The SMILES string of the molecule is CN1CC(c2ccc3nc(-c4cn(C5CC(CNc6ccc7c(c6)C(=O)N(C6CCC(=O)NC6=O)C7=O)C5)nc4C4CC4)cnc3c2)C1. The van der Waals surface area contributed by atoms with Crippen molar-refractivity contribution in [1.82, 2.24) is 34.9 Å². The van der Waals surface area contributed by atoms with Crippen LogP contribution in [0.4, 0.5) is 5.69 Å². The quantitative estimate of drug-likeness (QED) is 0.274. The van der Waals surface area contributed by atoms with Gasteiger partial charge in [0.15, 0.2) is 0 Å². The molecule has 5 aliphatic rings. The number of fused-ring (bicyclic) bond motifs is 2. The van der Waals surface area contributed by atoms with Crippen LogP contribution in [0.3, 0.4) is 0 Å². The van der Waals surface area contributed by atoms with E-state index in [1.807, 2.05) is 6.20 Å². The molecule has 2 saturated carbocycles. The van der Waals surface area contributed by atoms with Crippen molar-refractivity contribution in [1.29, 1.82) is 0 Å². The first kappa shape index (κ1) is 29.2. The first-order valence-electron chi connectivity index (χ1n) is 16.9. The summed E-state index contributed by atoms with van der Waals surface area (Å²) in [6, 6.07) is 11.0. The Bertz CT molecular complexity index is 2020. The monoisotopic (exact) mass is 644 g/mol. The predicted octanol–water partition coefficient (Wildman–Crippen LogP) is 3.86. The molecule has 4 amide bonds. The molecule has 2 saturated heterocycles. The van der Waals surface area contributed by atoms with E-state index in [9.17, 15) is 19.2 Å². The van der Waals surface area contributed by atoms with Crippen molar-refractivity contribution < 1.29 is 19.2 Å². The van der Waals surface area contributed by atoms with Gasteiger partial charge in [-0.1, -0.05) is 6.07 Å². The minimum Gasteiger partial charge on any atom is -0.385 e. The lowest BCUT2D eigenvalue weighted by Gasteiger charge is -2.36. The van der Waals surface area contributed by atoms with E-state index in [1.165, 1.54) is 5.56 Å². The highest BCUT2D eigenvalue weighted by Gasteiger charge is 2.45. The van der Waals surface area contributed by atoms with Gasteiger partial charge in [-0.05, 0) is 81.0 Å². The fourth-order valence-corrected chi connectivity index (χ4v) is 7.70. The number of nitrogens with one attached hydrogen (secondary N) is 2. The normalized spacial score (nSPS) is 24.4. The molecule has 1 atom stereocenters. The number of likely N-dealkylation sites (tertiary alicyclic amines) is 1. The van der Waals surface area contributed by atoms with E-state index < -0.39 is 23.8 Å². The Morgan fingerprint density at radius 2 is 1.71 bits per heavy atom. The summed E-state index contributed by atoms with van der Waals surface area (Å²) in [5, 5.41) is 10.8. The second-order valence-electron chi connectivity index (χ2n) is 14.2. The summed E-state index contributed by atoms with van der Waals surface area (Å²) in [7, 11) is 2.15. The third-order valence-corrected chi connectivity index (χ3v) is 10.7. The molecule has 48 heavy (non-hydrogen) atoms. The Labute approximate surface area is 276 Å². The van der Waals surface area contributed by atoms with Crippen molar-refractivity contribution in [2.75, 3.05) is 32.0 Å². The van der Waals surface area contributed by atoms with Gasteiger partial charge < -0.3 is 10.2 Å². The van der Waals surface area contributed by atoms with Crippen LogP contribution in [0, 0.1) is 5.92 Å². The number of benzene rings is 2. The van der Waals surface area contributed by atoms with Crippen LogP contribution in [-0.4, -0.2) is 85.9 Å². The van der Waals surface area contributed by atoms with Gasteiger partial charge in [0.2, 0.25) is 11.8 Å². The summed E-state index contributed by atoms with van der Waals surface area (Å²) in [5.74, 6) is -0.508. The zero-order chi connectivity index (χ0) is 32.7. The number of piperidine rings is 1. The first-order valence-corrected chi connectivity index (χ1v) is 16.9. The minimum absolute atomic E-state index is 0.0950. The highest BCUT2D eigenvalue weighted by Crippen LogP contribution is 2.46. The number of carbonyl (C=O) groups excluding carboxylic acids is 4.